The van der Waals surface area contributed by atoms with E-state index in [1.807, 2.05) is 0 Å². The Bertz CT molecular complexity index is 905. The summed E-state index contributed by atoms with van der Waals surface area (Å²) in [5.74, 6) is -2.20. The van der Waals surface area contributed by atoms with E-state index in [-0.39, 0.29) is 48.3 Å². The molecule has 0 radical (unpaired) electrons. The van der Waals surface area contributed by atoms with Crippen LogP contribution in [-0.2, 0) is 9.59 Å². The number of aromatic nitrogens is 2. The predicted molar refractivity (Wildman–Crippen MR) is 117 cm³/mol. The van der Waals surface area contributed by atoms with Gasteiger partial charge >= 0.3 is 0 Å². The zero-order valence-corrected chi connectivity index (χ0v) is 19.6. The van der Waals surface area contributed by atoms with Crippen molar-refractivity contribution in [2.75, 3.05) is 13.1 Å². The molecule has 0 aromatic carbocycles. The standard InChI is InChI=1S/C20H22Br2N4O4/c1-9(27)17-13(7-25-19(29)15-3-11(21)5-23-15)14(18(17)10(2)28)8-26-20(30)16-4-12(22)6-24-16/h3-6,13-14,17-18,23-24H,7-8H2,1-2H3,(H,25,29)(H,26,30)/t13-,14-,17+,18+/m1/s1. The van der Waals surface area contributed by atoms with Crippen molar-refractivity contribution in [1.29, 1.82) is 0 Å². The number of Topliss-reactive ketones (excluding diaryl/α,β-unsaturated/α-hetero) is 2. The van der Waals surface area contributed by atoms with Crippen LogP contribution >= 0.6 is 31.9 Å². The summed E-state index contributed by atoms with van der Waals surface area (Å²) in [6.07, 6.45) is 3.30. The van der Waals surface area contributed by atoms with Crippen LogP contribution in [-0.4, -0.2) is 46.4 Å². The molecule has 160 valence electrons. The Morgan fingerprint density at radius 2 is 1.17 bits per heavy atom. The highest BCUT2D eigenvalue weighted by Crippen LogP contribution is 2.46. The molecule has 0 unspecified atom stereocenters. The molecule has 2 aromatic rings. The minimum absolute atomic E-state index is 0.0899. The molecule has 0 bridgehead atoms. The first-order chi connectivity index (χ1) is 14.2. The van der Waals surface area contributed by atoms with E-state index >= 15 is 0 Å². The van der Waals surface area contributed by atoms with E-state index < -0.39 is 11.8 Å². The van der Waals surface area contributed by atoms with Gasteiger partial charge in [-0.15, -0.1) is 0 Å². The minimum Gasteiger partial charge on any atom is -0.356 e. The fourth-order valence-electron chi connectivity index (χ4n) is 4.19. The number of carbonyl (C=O) groups is 4. The van der Waals surface area contributed by atoms with Gasteiger partial charge in [0.2, 0.25) is 0 Å². The van der Waals surface area contributed by atoms with Gasteiger partial charge in [0.05, 0.1) is 0 Å². The molecule has 10 heteroatoms. The number of hydrogen-bond donors (Lipinski definition) is 4. The van der Waals surface area contributed by atoms with Gasteiger partial charge in [-0.05, 0) is 69.7 Å². The number of nitrogens with one attached hydrogen (secondary N) is 4. The van der Waals surface area contributed by atoms with Crippen molar-refractivity contribution < 1.29 is 19.2 Å². The van der Waals surface area contributed by atoms with Gasteiger partial charge in [0.1, 0.15) is 23.0 Å². The Labute approximate surface area is 190 Å². The van der Waals surface area contributed by atoms with Gasteiger partial charge < -0.3 is 20.6 Å². The van der Waals surface area contributed by atoms with Crippen molar-refractivity contribution in [1.82, 2.24) is 20.6 Å². The van der Waals surface area contributed by atoms with E-state index in [4.69, 9.17) is 0 Å². The monoisotopic (exact) mass is 540 g/mol. The highest BCUT2D eigenvalue weighted by molar-refractivity contribution is 9.10. The fraction of sp³-hybridized carbons (Fsp3) is 0.400. The Morgan fingerprint density at radius 1 is 0.800 bits per heavy atom. The van der Waals surface area contributed by atoms with E-state index in [0.717, 1.165) is 8.95 Å². The van der Waals surface area contributed by atoms with Crippen LogP contribution in [0.5, 0.6) is 0 Å². The van der Waals surface area contributed by atoms with Gasteiger partial charge in [0.15, 0.2) is 0 Å². The molecule has 8 nitrogen and oxygen atoms in total. The third-order valence-electron chi connectivity index (χ3n) is 5.58. The first-order valence-corrected chi connectivity index (χ1v) is 11.0. The summed E-state index contributed by atoms with van der Waals surface area (Å²) in [7, 11) is 0. The number of ketones is 2. The van der Waals surface area contributed by atoms with Crippen molar-refractivity contribution in [2.45, 2.75) is 13.8 Å². The lowest BCUT2D eigenvalue weighted by Gasteiger charge is -2.50. The summed E-state index contributed by atoms with van der Waals surface area (Å²) in [5, 5.41) is 5.66. The van der Waals surface area contributed by atoms with Crippen LogP contribution in [0.25, 0.3) is 0 Å². The topological polar surface area (TPSA) is 124 Å². The van der Waals surface area contributed by atoms with E-state index in [1.54, 1.807) is 24.5 Å². The lowest BCUT2D eigenvalue weighted by molar-refractivity contribution is -0.148. The highest BCUT2D eigenvalue weighted by atomic mass is 79.9. The largest absolute Gasteiger partial charge is 0.356 e. The minimum atomic E-state index is -0.472. The number of carbonyl (C=O) groups excluding carboxylic acids is 4. The number of H-pyrrole nitrogens is 2. The van der Waals surface area contributed by atoms with Crippen molar-refractivity contribution in [3.63, 3.8) is 0 Å². The molecule has 2 aromatic heterocycles. The zero-order valence-electron chi connectivity index (χ0n) is 16.4. The van der Waals surface area contributed by atoms with Gasteiger partial charge in [0.25, 0.3) is 11.8 Å². The molecule has 2 heterocycles. The van der Waals surface area contributed by atoms with Crippen LogP contribution in [0.1, 0.15) is 34.8 Å². The molecule has 1 fully saturated rings. The smallest absolute Gasteiger partial charge is 0.267 e. The molecule has 30 heavy (non-hydrogen) atoms. The normalized spacial score (nSPS) is 22.8. The Hall–Kier alpha value is -2.20. The molecule has 1 aliphatic rings. The van der Waals surface area contributed by atoms with E-state index in [1.165, 1.54) is 13.8 Å². The lowest BCUT2D eigenvalue weighted by atomic mass is 9.54. The summed E-state index contributed by atoms with van der Waals surface area (Å²) in [5.41, 5.74) is 0.789. The molecule has 0 saturated heterocycles. The van der Waals surface area contributed by atoms with Crippen LogP contribution in [0.2, 0.25) is 0 Å². The summed E-state index contributed by atoms with van der Waals surface area (Å²) in [6.45, 7) is 3.39. The molecular weight excluding hydrogens is 520 g/mol. The van der Waals surface area contributed by atoms with E-state index in [9.17, 15) is 19.2 Å². The molecule has 0 aliphatic heterocycles. The zero-order chi connectivity index (χ0) is 22.0. The molecule has 1 aliphatic carbocycles. The SMILES string of the molecule is CC(=O)[C@H]1[C@H](CNC(=O)c2cc(Br)c[nH]2)[C@@H](CNC(=O)c2cc(Br)c[nH]2)[C@@H]1C(C)=O. The van der Waals surface area contributed by atoms with Crippen LogP contribution < -0.4 is 10.6 Å². The third kappa shape index (κ3) is 4.75. The average molecular weight is 542 g/mol. The van der Waals surface area contributed by atoms with Crippen LogP contribution in [0.4, 0.5) is 0 Å². The second-order valence-corrected chi connectivity index (χ2v) is 9.32. The lowest BCUT2D eigenvalue weighted by Crippen LogP contribution is -2.59. The molecule has 1 saturated carbocycles. The Kier molecular flexibility index (Phi) is 6.97. The Morgan fingerprint density at radius 3 is 1.43 bits per heavy atom. The van der Waals surface area contributed by atoms with Crippen molar-refractivity contribution in [3.8, 4) is 0 Å². The van der Waals surface area contributed by atoms with Gasteiger partial charge in [-0.3, -0.25) is 19.2 Å². The van der Waals surface area contributed by atoms with Crippen molar-refractivity contribution in [2.24, 2.45) is 23.7 Å². The number of hydrogen-bond acceptors (Lipinski definition) is 4. The van der Waals surface area contributed by atoms with Crippen molar-refractivity contribution in [3.05, 3.63) is 44.9 Å². The number of rotatable bonds is 8. The average Bonchev–Trinajstić information content (AvgIpc) is 3.28. The predicted octanol–water partition coefficient (Wildman–Crippen LogP) is 2.68. The first-order valence-electron chi connectivity index (χ1n) is 9.44. The van der Waals surface area contributed by atoms with E-state index in [2.05, 4.69) is 52.5 Å². The summed E-state index contributed by atoms with van der Waals surface area (Å²) >= 11 is 6.57. The number of aromatic amines is 2. The molecule has 3 rings (SSSR count). The third-order valence-corrected chi connectivity index (χ3v) is 6.50. The van der Waals surface area contributed by atoms with Gasteiger partial charge in [-0.1, -0.05) is 0 Å². The maximum atomic E-state index is 12.4. The van der Waals surface area contributed by atoms with Crippen LogP contribution in [0, 0.1) is 23.7 Å². The highest BCUT2D eigenvalue weighted by Gasteiger charge is 2.54. The molecule has 4 atom stereocenters. The molecule has 0 spiro atoms. The fourth-order valence-corrected chi connectivity index (χ4v) is 4.88. The second kappa shape index (κ2) is 9.30. The van der Waals surface area contributed by atoms with Gasteiger partial charge in [0, 0.05) is 46.3 Å². The summed E-state index contributed by atoms with van der Waals surface area (Å²) in [6, 6.07) is 3.31. The quantitative estimate of drug-likeness (QED) is 0.410. The number of halogens is 2. The second-order valence-electron chi connectivity index (χ2n) is 7.48. The summed E-state index contributed by atoms with van der Waals surface area (Å²) < 4.78 is 1.51. The van der Waals surface area contributed by atoms with Gasteiger partial charge in [-0.25, -0.2) is 0 Å². The maximum Gasteiger partial charge on any atom is 0.267 e. The van der Waals surface area contributed by atoms with E-state index in [0.29, 0.717) is 11.4 Å². The molecular formula is C20H22Br2N4O4. The molecule has 2 amide bonds. The van der Waals surface area contributed by atoms with Crippen LogP contribution in [0.15, 0.2) is 33.5 Å². The molecule has 4 N–H and O–H groups in total. The summed E-state index contributed by atoms with van der Waals surface area (Å²) in [4.78, 5) is 54.8. The number of amides is 2. The first kappa shape index (κ1) is 22.5. The maximum absolute atomic E-state index is 12.4. The van der Waals surface area contributed by atoms with Gasteiger partial charge in [-0.2, -0.15) is 0 Å². The van der Waals surface area contributed by atoms with Crippen molar-refractivity contribution >= 4 is 55.2 Å². The van der Waals surface area contributed by atoms with Crippen LogP contribution in [0.3, 0.4) is 0 Å². The Balaban J connectivity index is 1.68.